The van der Waals surface area contributed by atoms with Gasteiger partial charge in [0.15, 0.2) is 11.5 Å². The van der Waals surface area contributed by atoms with Crippen molar-refractivity contribution >= 4 is 17.8 Å². The number of amides is 2. The fraction of sp³-hybridized carbons (Fsp3) is 0.0870. The molecule has 1 aliphatic rings. The SMILES string of the molecule is CCOc1ccccc1Oc1ccccc1C(=O)ON1C(=O)c2ccccc2C1=O. The van der Waals surface area contributed by atoms with Gasteiger partial charge in [0.05, 0.1) is 17.7 Å². The lowest BCUT2D eigenvalue weighted by Gasteiger charge is -2.16. The summed E-state index contributed by atoms with van der Waals surface area (Å²) in [7, 11) is 0. The van der Waals surface area contributed by atoms with Crippen LogP contribution < -0.4 is 9.47 Å². The van der Waals surface area contributed by atoms with E-state index in [0.29, 0.717) is 23.2 Å². The highest BCUT2D eigenvalue weighted by Gasteiger charge is 2.39. The first-order valence-electron chi connectivity index (χ1n) is 9.29. The highest BCUT2D eigenvalue weighted by molar-refractivity contribution is 6.21. The van der Waals surface area contributed by atoms with Crippen LogP contribution in [0.4, 0.5) is 0 Å². The highest BCUT2D eigenvalue weighted by Crippen LogP contribution is 2.33. The number of ether oxygens (including phenoxy) is 2. The minimum absolute atomic E-state index is 0.0559. The fourth-order valence-electron chi connectivity index (χ4n) is 3.03. The van der Waals surface area contributed by atoms with Gasteiger partial charge in [0, 0.05) is 0 Å². The van der Waals surface area contributed by atoms with Crippen LogP contribution in [0.2, 0.25) is 0 Å². The molecule has 0 saturated carbocycles. The van der Waals surface area contributed by atoms with Gasteiger partial charge in [-0.05, 0) is 43.3 Å². The van der Waals surface area contributed by atoms with Crippen molar-refractivity contribution in [3.05, 3.63) is 89.5 Å². The summed E-state index contributed by atoms with van der Waals surface area (Å²) in [5, 5.41) is 0.470. The summed E-state index contributed by atoms with van der Waals surface area (Å²) in [6.07, 6.45) is 0. The molecule has 0 aliphatic carbocycles. The molecule has 0 spiro atoms. The van der Waals surface area contributed by atoms with Crippen molar-refractivity contribution in [3.63, 3.8) is 0 Å². The first kappa shape index (κ1) is 19.2. The minimum Gasteiger partial charge on any atom is -0.490 e. The van der Waals surface area contributed by atoms with Crippen molar-refractivity contribution in [2.45, 2.75) is 6.92 Å². The Morgan fingerprint density at radius 3 is 1.93 bits per heavy atom. The van der Waals surface area contributed by atoms with Crippen LogP contribution in [-0.4, -0.2) is 29.5 Å². The topological polar surface area (TPSA) is 82.1 Å². The smallest absolute Gasteiger partial charge is 0.367 e. The summed E-state index contributed by atoms with van der Waals surface area (Å²) in [6.45, 7) is 2.30. The summed E-state index contributed by atoms with van der Waals surface area (Å²) in [5.41, 5.74) is 0.427. The molecule has 0 atom stereocenters. The average molecular weight is 403 g/mol. The van der Waals surface area contributed by atoms with Crippen molar-refractivity contribution in [2.24, 2.45) is 0 Å². The summed E-state index contributed by atoms with van der Waals surface area (Å²) in [5.74, 6) is -1.14. The average Bonchev–Trinajstić information content (AvgIpc) is 3.01. The third-order valence-electron chi connectivity index (χ3n) is 4.41. The van der Waals surface area contributed by atoms with Gasteiger partial charge in [-0.3, -0.25) is 9.59 Å². The van der Waals surface area contributed by atoms with E-state index in [9.17, 15) is 14.4 Å². The normalized spacial score (nSPS) is 12.5. The molecule has 1 heterocycles. The van der Waals surface area contributed by atoms with Gasteiger partial charge in [0.2, 0.25) is 0 Å². The predicted molar refractivity (Wildman–Crippen MR) is 106 cm³/mol. The van der Waals surface area contributed by atoms with E-state index in [4.69, 9.17) is 14.3 Å². The van der Waals surface area contributed by atoms with Crippen molar-refractivity contribution < 1.29 is 28.7 Å². The number of imide groups is 1. The number of hydrogen-bond donors (Lipinski definition) is 0. The Morgan fingerprint density at radius 2 is 1.30 bits per heavy atom. The number of para-hydroxylation sites is 3. The largest absolute Gasteiger partial charge is 0.490 e. The highest BCUT2D eigenvalue weighted by atomic mass is 16.7. The number of nitrogens with zero attached hydrogens (tertiary/aromatic N) is 1. The van der Waals surface area contributed by atoms with Crippen LogP contribution in [0, 0.1) is 0 Å². The lowest BCUT2D eigenvalue weighted by molar-refractivity contribution is -0.0586. The molecule has 3 aromatic carbocycles. The van der Waals surface area contributed by atoms with Crippen LogP contribution in [0.3, 0.4) is 0 Å². The van der Waals surface area contributed by atoms with Gasteiger partial charge in [-0.15, -0.1) is 0 Å². The molecule has 150 valence electrons. The lowest BCUT2D eigenvalue weighted by Crippen LogP contribution is -2.32. The first-order chi connectivity index (χ1) is 14.6. The molecular weight excluding hydrogens is 386 g/mol. The number of carbonyl (C=O) groups is 3. The zero-order valence-electron chi connectivity index (χ0n) is 16.0. The second-order valence-corrected chi connectivity index (χ2v) is 6.31. The maximum absolute atomic E-state index is 12.8. The van der Waals surface area contributed by atoms with Gasteiger partial charge in [0.1, 0.15) is 11.3 Å². The molecule has 0 aromatic heterocycles. The molecule has 2 amide bonds. The molecule has 0 unspecified atom stereocenters. The maximum atomic E-state index is 12.8. The molecule has 0 N–H and O–H groups in total. The van der Waals surface area contributed by atoms with Crippen molar-refractivity contribution in [3.8, 4) is 17.2 Å². The van der Waals surface area contributed by atoms with E-state index >= 15 is 0 Å². The van der Waals surface area contributed by atoms with E-state index in [1.54, 1.807) is 54.6 Å². The Bertz CT molecular complexity index is 1100. The summed E-state index contributed by atoms with van der Waals surface area (Å²) in [6, 6.07) is 19.7. The van der Waals surface area contributed by atoms with E-state index in [2.05, 4.69) is 0 Å². The van der Waals surface area contributed by atoms with E-state index < -0.39 is 17.8 Å². The van der Waals surface area contributed by atoms with E-state index in [1.165, 1.54) is 18.2 Å². The van der Waals surface area contributed by atoms with Crippen molar-refractivity contribution in [2.75, 3.05) is 6.61 Å². The number of hydrogen-bond acceptors (Lipinski definition) is 6. The molecule has 0 radical (unpaired) electrons. The Hall–Kier alpha value is -4.13. The van der Waals surface area contributed by atoms with Gasteiger partial charge in [-0.1, -0.05) is 41.5 Å². The minimum atomic E-state index is -0.894. The standard InChI is InChI=1S/C23H17NO6/c1-2-28-19-13-7-8-14-20(19)29-18-12-6-5-11-17(18)23(27)30-24-21(25)15-9-3-4-10-16(15)22(24)26/h3-14H,2H2,1H3. The second-order valence-electron chi connectivity index (χ2n) is 6.31. The van der Waals surface area contributed by atoms with Crippen LogP contribution in [0.15, 0.2) is 72.8 Å². The van der Waals surface area contributed by atoms with Gasteiger partial charge in [-0.25, -0.2) is 4.79 Å². The van der Waals surface area contributed by atoms with Crippen molar-refractivity contribution in [1.29, 1.82) is 0 Å². The Balaban J connectivity index is 1.58. The number of carbonyl (C=O) groups excluding carboxylic acids is 3. The van der Waals surface area contributed by atoms with Gasteiger partial charge < -0.3 is 14.3 Å². The molecule has 0 fully saturated rings. The molecule has 7 nitrogen and oxygen atoms in total. The molecule has 3 aromatic rings. The molecule has 7 heteroatoms. The van der Waals surface area contributed by atoms with Gasteiger partial charge in [0.25, 0.3) is 11.8 Å². The summed E-state index contributed by atoms with van der Waals surface area (Å²) < 4.78 is 11.4. The molecule has 0 saturated heterocycles. The molecular formula is C23H17NO6. The van der Waals surface area contributed by atoms with Crippen LogP contribution in [0.25, 0.3) is 0 Å². The Morgan fingerprint density at radius 1 is 0.767 bits per heavy atom. The maximum Gasteiger partial charge on any atom is 0.367 e. The molecule has 0 bridgehead atoms. The van der Waals surface area contributed by atoms with Crippen LogP contribution in [-0.2, 0) is 4.84 Å². The Kier molecular flexibility index (Phi) is 5.17. The van der Waals surface area contributed by atoms with Crippen LogP contribution >= 0.6 is 0 Å². The third-order valence-corrected chi connectivity index (χ3v) is 4.41. The second kappa shape index (κ2) is 8.08. The van der Waals surface area contributed by atoms with E-state index in [0.717, 1.165) is 0 Å². The quantitative estimate of drug-likeness (QED) is 0.573. The molecule has 4 rings (SSSR count). The Labute approximate surface area is 172 Å². The van der Waals surface area contributed by atoms with Gasteiger partial charge in [-0.2, -0.15) is 0 Å². The number of rotatable bonds is 6. The number of fused-ring (bicyclic) bond motifs is 1. The van der Waals surface area contributed by atoms with E-state index in [1.807, 2.05) is 6.92 Å². The third kappa shape index (κ3) is 3.48. The first-order valence-corrected chi connectivity index (χ1v) is 9.29. The zero-order chi connectivity index (χ0) is 21.1. The van der Waals surface area contributed by atoms with Gasteiger partial charge >= 0.3 is 5.97 Å². The van der Waals surface area contributed by atoms with Crippen LogP contribution in [0.5, 0.6) is 17.2 Å². The zero-order valence-corrected chi connectivity index (χ0v) is 16.0. The van der Waals surface area contributed by atoms with Crippen LogP contribution in [0.1, 0.15) is 38.0 Å². The lowest BCUT2D eigenvalue weighted by atomic mass is 10.1. The molecule has 30 heavy (non-hydrogen) atoms. The fourth-order valence-corrected chi connectivity index (χ4v) is 3.03. The monoisotopic (exact) mass is 403 g/mol. The summed E-state index contributed by atoms with van der Waals surface area (Å²) >= 11 is 0. The van der Waals surface area contributed by atoms with Crippen molar-refractivity contribution in [1.82, 2.24) is 5.06 Å². The number of hydroxylamine groups is 2. The summed E-state index contributed by atoms with van der Waals surface area (Å²) in [4.78, 5) is 42.8. The predicted octanol–water partition coefficient (Wildman–Crippen LogP) is 4.25. The van der Waals surface area contributed by atoms with E-state index in [-0.39, 0.29) is 22.4 Å². The number of benzene rings is 3. The molecule has 1 aliphatic heterocycles.